The van der Waals surface area contributed by atoms with Crippen molar-refractivity contribution >= 4 is 5.95 Å². The molecule has 9 heteroatoms. The number of methoxy groups -OCH3 is 1. The van der Waals surface area contributed by atoms with Crippen molar-refractivity contribution in [2.45, 2.75) is 12.5 Å². The lowest BCUT2D eigenvalue weighted by Gasteiger charge is -2.07. The smallest absolute Gasteiger partial charge is 0.223 e. The van der Waals surface area contributed by atoms with Crippen LogP contribution in [0.4, 0.5) is 5.95 Å². The second-order valence-corrected chi connectivity index (χ2v) is 6.48. The summed E-state index contributed by atoms with van der Waals surface area (Å²) in [6.45, 7) is 2.52. The average Bonchev–Trinajstić information content (AvgIpc) is 3.42. The summed E-state index contributed by atoms with van der Waals surface area (Å²) >= 11 is 0. The van der Waals surface area contributed by atoms with Gasteiger partial charge in [0.1, 0.15) is 11.4 Å². The number of ether oxygens (including phenoxy) is 2. The van der Waals surface area contributed by atoms with E-state index >= 15 is 0 Å². The Labute approximate surface area is 162 Å². The molecule has 0 saturated carbocycles. The fraction of sp³-hybridized carbons (Fsp3) is 0.368. The van der Waals surface area contributed by atoms with Crippen LogP contribution in [0.1, 0.15) is 12.5 Å². The Balaban J connectivity index is 1.78. The van der Waals surface area contributed by atoms with Crippen LogP contribution in [0.2, 0.25) is 0 Å². The van der Waals surface area contributed by atoms with Crippen LogP contribution in [0, 0.1) is 0 Å². The van der Waals surface area contributed by atoms with E-state index in [2.05, 4.69) is 20.3 Å². The third kappa shape index (κ3) is 3.80. The molecule has 4 heterocycles. The van der Waals surface area contributed by atoms with Gasteiger partial charge in [0.25, 0.3) is 0 Å². The molecule has 3 aromatic heterocycles. The lowest BCUT2D eigenvalue weighted by Crippen LogP contribution is -2.14. The van der Waals surface area contributed by atoms with E-state index < -0.39 is 0 Å². The van der Waals surface area contributed by atoms with Crippen molar-refractivity contribution in [2.24, 2.45) is 5.73 Å². The third-order valence-corrected chi connectivity index (χ3v) is 4.59. The lowest BCUT2D eigenvalue weighted by molar-refractivity contribution is 0.184. The number of pyridine rings is 1. The topological polar surface area (TPSA) is 113 Å². The first-order valence-corrected chi connectivity index (χ1v) is 9.22. The lowest BCUT2D eigenvalue weighted by atomic mass is 10.1. The minimum absolute atomic E-state index is 0.211. The summed E-state index contributed by atoms with van der Waals surface area (Å²) in [6, 6.07) is 4.00. The Hall–Kier alpha value is -3.04. The minimum Gasteiger partial charge on any atom is -0.495 e. The first-order valence-electron chi connectivity index (χ1n) is 9.22. The molecule has 3 aromatic rings. The largest absolute Gasteiger partial charge is 0.495 e. The predicted octanol–water partition coefficient (Wildman–Crippen LogP) is 1.74. The van der Waals surface area contributed by atoms with E-state index in [1.54, 1.807) is 25.7 Å². The summed E-state index contributed by atoms with van der Waals surface area (Å²) in [4.78, 5) is 13.2. The molecule has 28 heavy (non-hydrogen) atoms. The zero-order valence-corrected chi connectivity index (χ0v) is 15.7. The highest BCUT2D eigenvalue weighted by Crippen LogP contribution is 2.33. The molecule has 4 rings (SSSR count). The normalized spacial score (nSPS) is 16.3. The highest BCUT2D eigenvalue weighted by molar-refractivity contribution is 5.79. The van der Waals surface area contributed by atoms with E-state index in [4.69, 9.17) is 20.3 Å². The number of nitrogens with two attached hydrogens (primary N) is 1. The number of nitrogens with one attached hydrogen (secondary N) is 1. The predicted molar refractivity (Wildman–Crippen MR) is 105 cm³/mol. The molecule has 146 valence electrons. The number of hydrogen-bond donors (Lipinski definition) is 2. The quantitative estimate of drug-likeness (QED) is 0.636. The minimum atomic E-state index is 0.211. The fourth-order valence-electron chi connectivity index (χ4n) is 3.15. The first kappa shape index (κ1) is 18.3. The molecule has 9 nitrogen and oxygen atoms in total. The molecule has 0 amide bonds. The van der Waals surface area contributed by atoms with Gasteiger partial charge in [0, 0.05) is 49.4 Å². The van der Waals surface area contributed by atoms with Gasteiger partial charge in [-0.15, -0.1) is 0 Å². The fourth-order valence-corrected chi connectivity index (χ4v) is 3.15. The van der Waals surface area contributed by atoms with Crippen LogP contribution in [0.3, 0.4) is 0 Å². The van der Waals surface area contributed by atoms with Crippen molar-refractivity contribution in [3.63, 3.8) is 0 Å². The van der Waals surface area contributed by atoms with Gasteiger partial charge in [0.05, 0.1) is 31.6 Å². The molecule has 1 aliphatic rings. The first-order chi connectivity index (χ1) is 13.8. The van der Waals surface area contributed by atoms with Crippen LogP contribution in [0.25, 0.3) is 22.5 Å². The number of hydrogen-bond acceptors (Lipinski definition) is 8. The summed E-state index contributed by atoms with van der Waals surface area (Å²) < 4.78 is 12.8. The molecule has 0 radical (unpaired) electrons. The van der Waals surface area contributed by atoms with Crippen LogP contribution < -0.4 is 15.8 Å². The van der Waals surface area contributed by atoms with Crippen molar-refractivity contribution < 1.29 is 9.47 Å². The third-order valence-electron chi connectivity index (χ3n) is 4.59. The van der Waals surface area contributed by atoms with Crippen LogP contribution >= 0.6 is 0 Å². The Bertz CT molecular complexity index is 938. The Morgan fingerprint density at radius 1 is 1.39 bits per heavy atom. The van der Waals surface area contributed by atoms with E-state index in [1.165, 1.54) is 0 Å². The van der Waals surface area contributed by atoms with Crippen molar-refractivity contribution in [3.8, 4) is 28.3 Å². The van der Waals surface area contributed by atoms with Crippen LogP contribution in [-0.2, 0) is 4.74 Å². The van der Waals surface area contributed by atoms with E-state index in [9.17, 15) is 0 Å². The molecule has 0 aliphatic carbocycles. The molecule has 0 unspecified atom stereocenters. The van der Waals surface area contributed by atoms with Crippen LogP contribution in [-0.4, -0.2) is 58.1 Å². The van der Waals surface area contributed by atoms with Gasteiger partial charge in [0.15, 0.2) is 0 Å². The van der Waals surface area contributed by atoms with E-state index in [1.807, 2.05) is 23.0 Å². The Morgan fingerprint density at radius 2 is 2.32 bits per heavy atom. The summed E-state index contributed by atoms with van der Waals surface area (Å²) in [6.07, 6.45) is 8.13. The van der Waals surface area contributed by atoms with Crippen LogP contribution in [0.15, 0.2) is 36.9 Å². The van der Waals surface area contributed by atoms with Gasteiger partial charge >= 0.3 is 0 Å². The van der Waals surface area contributed by atoms with E-state index in [-0.39, 0.29) is 6.04 Å². The van der Waals surface area contributed by atoms with Gasteiger partial charge in [-0.25, -0.2) is 9.97 Å². The zero-order valence-electron chi connectivity index (χ0n) is 15.7. The average molecular weight is 381 g/mol. The molecule has 1 saturated heterocycles. The molecule has 1 aliphatic heterocycles. The molecule has 0 aromatic carbocycles. The summed E-state index contributed by atoms with van der Waals surface area (Å²) in [5.74, 6) is 1.21. The maximum atomic E-state index is 5.56. The molecule has 0 spiro atoms. The number of anilines is 1. The Kier molecular flexibility index (Phi) is 5.45. The van der Waals surface area contributed by atoms with Gasteiger partial charge < -0.3 is 20.5 Å². The maximum Gasteiger partial charge on any atom is 0.223 e. The van der Waals surface area contributed by atoms with Crippen molar-refractivity contribution in [2.75, 3.05) is 38.7 Å². The standard InChI is InChI=1S/C19H23N7O2/c1-27-15-8-13(9-21-10-15)18-16(11-26(25-18)14-3-7-28-12-14)17-2-5-22-19(24-17)23-6-4-20/h2,5,8-11,14H,3-4,6-7,12,20H2,1H3,(H,22,23,24)/t14-/m1/s1. The summed E-state index contributed by atoms with van der Waals surface area (Å²) in [5, 5.41) is 7.96. The molecule has 0 bridgehead atoms. The number of aromatic nitrogens is 5. The molecule has 1 atom stereocenters. The van der Waals surface area contributed by atoms with Crippen molar-refractivity contribution in [1.29, 1.82) is 0 Å². The van der Waals surface area contributed by atoms with Gasteiger partial charge in [0.2, 0.25) is 5.95 Å². The monoisotopic (exact) mass is 381 g/mol. The van der Waals surface area contributed by atoms with E-state index in [0.717, 1.165) is 35.5 Å². The molecule has 3 N–H and O–H groups in total. The van der Waals surface area contributed by atoms with Gasteiger partial charge in [-0.2, -0.15) is 5.10 Å². The maximum absolute atomic E-state index is 5.56. The summed E-state index contributed by atoms with van der Waals surface area (Å²) in [5.41, 5.74) is 8.90. The van der Waals surface area contributed by atoms with Crippen molar-refractivity contribution in [1.82, 2.24) is 24.7 Å². The van der Waals surface area contributed by atoms with Gasteiger partial charge in [-0.05, 0) is 18.6 Å². The summed E-state index contributed by atoms with van der Waals surface area (Å²) in [7, 11) is 1.62. The molecular weight excluding hydrogens is 358 g/mol. The second kappa shape index (κ2) is 8.32. The van der Waals surface area contributed by atoms with Crippen LogP contribution in [0.5, 0.6) is 5.75 Å². The van der Waals surface area contributed by atoms with Crippen molar-refractivity contribution in [3.05, 3.63) is 36.9 Å². The highest BCUT2D eigenvalue weighted by atomic mass is 16.5. The SMILES string of the molecule is COc1cncc(-c2nn([C@@H]3CCOC3)cc2-c2ccnc(NCCN)n2)c1. The van der Waals surface area contributed by atoms with Gasteiger partial charge in [-0.3, -0.25) is 9.67 Å². The molecule has 1 fully saturated rings. The zero-order chi connectivity index (χ0) is 19.3. The number of nitrogens with zero attached hydrogens (tertiary/aromatic N) is 5. The molecular formula is C19H23N7O2. The highest BCUT2D eigenvalue weighted by Gasteiger charge is 2.23. The Morgan fingerprint density at radius 3 is 3.11 bits per heavy atom. The van der Waals surface area contributed by atoms with Gasteiger partial charge in [-0.1, -0.05) is 0 Å². The number of rotatable bonds is 7. The van der Waals surface area contributed by atoms with E-state index in [0.29, 0.717) is 31.4 Å². The second-order valence-electron chi connectivity index (χ2n) is 6.48.